The van der Waals surface area contributed by atoms with Crippen LogP contribution in [0.3, 0.4) is 0 Å². The summed E-state index contributed by atoms with van der Waals surface area (Å²) in [7, 11) is 1.57. The minimum absolute atomic E-state index is 0.0396. The molecule has 0 unspecified atom stereocenters. The zero-order chi connectivity index (χ0) is 20.8. The first-order valence-corrected chi connectivity index (χ1v) is 8.27. The van der Waals surface area contributed by atoms with E-state index in [1.165, 1.54) is 18.2 Å². The Hall–Kier alpha value is -4.28. The highest BCUT2D eigenvalue weighted by atomic mass is 16.6. The topological polar surface area (TPSA) is 155 Å². The van der Waals surface area contributed by atoms with Crippen LogP contribution in [0.15, 0.2) is 48.5 Å². The molecule has 29 heavy (non-hydrogen) atoms. The number of nitro benzene ring substituents is 1. The molecule has 0 spiro atoms. The number of esters is 1. The summed E-state index contributed by atoms with van der Waals surface area (Å²) in [4.78, 5) is 34.4. The van der Waals surface area contributed by atoms with Gasteiger partial charge in [0, 0.05) is 17.8 Å². The number of nitrogen functional groups attached to an aromatic ring is 1. The van der Waals surface area contributed by atoms with Crippen molar-refractivity contribution in [2.24, 2.45) is 0 Å². The van der Waals surface area contributed by atoms with Gasteiger partial charge >= 0.3 is 5.97 Å². The van der Waals surface area contributed by atoms with E-state index in [2.05, 4.69) is 20.3 Å². The van der Waals surface area contributed by atoms with E-state index in [4.69, 9.17) is 15.2 Å². The van der Waals surface area contributed by atoms with Crippen molar-refractivity contribution in [3.8, 4) is 5.75 Å². The molecule has 148 valence electrons. The normalized spacial score (nSPS) is 10.2. The molecule has 0 radical (unpaired) electrons. The van der Waals surface area contributed by atoms with E-state index in [1.807, 2.05) is 0 Å². The third kappa shape index (κ3) is 5.13. The highest BCUT2D eigenvalue weighted by Crippen LogP contribution is 2.18. The molecule has 3 rings (SSSR count). The van der Waals surface area contributed by atoms with Crippen LogP contribution in [-0.2, 0) is 11.3 Å². The molecule has 0 saturated carbocycles. The number of anilines is 3. The lowest BCUT2D eigenvalue weighted by atomic mass is 10.2. The van der Waals surface area contributed by atoms with Crippen LogP contribution < -0.4 is 15.8 Å². The van der Waals surface area contributed by atoms with Gasteiger partial charge in [-0.25, -0.2) is 4.79 Å². The van der Waals surface area contributed by atoms with Crippen LogP contribution in [0.2, 0.25) is 0 Å². The zero-order valence-electron chi connectivity index (χ0n) is 15.2. The van der Waals surface area contributed by atoms with Gasteiger partial charge in [0.2, 0.25) is 11.9 Å². The van der Waals surface area contributed by atoms with Crippen LogP contribution in [0.25, 0.3) is 0 Å². The maximum atomic E-state index is 12.1. The number of nitrogens with zero attached hydrogens (tertiary/aromatic N) is 4. The fourth-order valence-electron chi connectivity index (χ4n) is 2.32. The molecule has 0 aliphatic heterocycles. The molecule has 0 aliphatic carbocycles. The first-order chi connectivity index (χ1) is 13.9. The summed E-state index contributed by atoms with van der Waals surface area (Å²) < 4.78 is 10.2. The standard InChI is InChI=1S/C18H16N6O5/c1-28-14-7-5-12(6-8-14)20-18-22-15(21-17(19)23-18)10-29-16(25)11-3-2-4-13(9-11)24(26)27/h2-9H,10H2,1H3,(H3,19,20,21,22,23). The quantitative estimate of drug-likeness (QED) is 0.345. The van der Waals surface area contributed by atoms with Gasteiger partial charge in [0.25, 0.3) is 5.69 Å². The Morgan fingerprint density at radius 1 is 1.17 bits per heavy atom. The second-order valence-corrected chi connectivity index (χ2v) is 5.67. The van der Waals surface area contributed by atoms with Crippen molar-refractivity contribution in [2.45, 2.75) is 6.61 Å². The number of benzene rings is 2. The number of methoxy groups -OCH3 is 1. The Balaban J connectivity index is 1.68. The number of hydrogen-bond acceptors (Lipinski definition) is 10. The molecule has 1 aromatic heterocycles. The molecule has 1 heterocycles. The highest BCUT2D eigenvalue weighted by Gasteiger charge is 2.14. The highest BCUT2D eigenvalue weighted by molar-refractivity contribution is 5.90. The van der Waals surface area contributed by atoms with E-state index >= 15 is 0 Å². The number of nitrogens with one attached hydrogen (secondary N) is 1. The molecule has 3 aromatic rings. The van der Waals surface area contributed by atoms with Crippen LogP contribution in [0.1, 0.15) is 16.2 Å². The summed E-state index contributed by atoms with van der Waals surface area (Å²) >= 11 is 0. The van der Waals surface area contributed by atoms with Gasteiger partial charge in [-0.2, -0.15) is 15.0 Å². The molecular formula is C18H16N6O5. The fourth-order valence-corrected chi connectivity index (χ4v) is 2.32. The summed E-state index contributed by atoms with van der Waals surface area (Å²) in [5.41, 5.74) is 6.21. The Morgan fingerprint density at radius 2 is 1.93 bits per heavy atom. The van der Waals surface area contributed by atoms with Gasteiger partial charge in [0.1, 0.15) is 5.75 Å². The number of carbonyl (C=O) groups is 1. The van der Waals surface area contributed by atoms with Crippen LogP contribution in [0.5, 0.6) is 5.75 Å². The minimum atomic E-state index is -0.752. The van der Waals surface area contributed by atoms with E-state index in [0.717, 1.165) is 6.07 Å². The number of ether oxygens (including phenoxy) is 2. The van der Waals surface area contributed by atoms with Gasteiger partial charge in [0.15, 0.2) is 12.4 Å². The summed E-state index contributed by atoms with van der Waals surface area (Å²) in [5, 5.41) is 13.8. The van der Waals surface area contributed by atoms with Gasteiger partial charge in [-0.3, -0.25) is 10.1 Å². The Bertz CT molecular complexity index is 1040. The van der Waals surface area contributed by atoms with Crippen LogP contribution >= 0.6 is 0 Å². The van der Waals surface area contributed by atoms with Crippen LogP contribution in [-0.4, -0.2) is 33.0 Å². The van der Waals surface area contributed by atoms with Crippen molar-refractivity contribution in [2.75, 3.05) is 18.2 Å². The van der Waals surface area contributed by atoms with Crippen molar-refractivity contribution < 1.29 is 19.2 Å². The lowest BCUT2D eigenvalue weighted by Gasteiger charge is -2.08. The minimum Gasteiger partial charge on any atom is -0.497 e. The van der Waals surface area contributed by atoms with Crippen LogP contribution in [0, 0.1) is 10.1 Å². The molecule has 0 fully saturated rings. The van der Waals surface area contributed by atoms with E-state index < -0.39 is 10.9 Å². The fraction of sp³-hybridized carbons (Fsp3) is 0.111. The smallest absolute Gasteiger partial charge is 0.338 e. The predicted octanol–water partition coefficient (Wildman–Crippen LogP) is 2.47. The Labute approximate surface area is 164 Å². The van der Waals surface area contributed by atoms with E-state index in [-0.39, 0.29) is 35.6 Å². The number of non-ortho nitro benzene ring substituents is 1. The average molecular weight is 396 g/mol. The summed E-state index contributed by atoms with van der Waals surface area (Å²) in [6.07, 6.45) is 0. The molecule has 0 atom stereocenters. The van der Waals surface area contributed by atoms with Crippen LogP contribution in [0.4, 0.5) is 23.3 Å². The Morgan fingerprint density at radius 3 is 2.62 bits per heavy atom. The monoisotopic (exact) mass is 396 g/mol. The predicted molar refractivity (Wildman–Crippen MR) is 103 cm³/mol. The van der Waals surface area contributed by atoms with E-state index in [1.54, 1.807) is 31.4 Å². The SMILES string of the molecule is COc1ccc(Nc2nc(N)nc(COC(=O)c3cccc([N+](=O)[O-])c3)n2)cc1. The molecule has 0 bridgehead atoms. The molecule has 0 aliphatic rings. The van der Waals surface area contributed by atoms with Gasteiger partial charge in [-0.15, -0.1) is 0 Å². The maximum absolute atomic E-state index is 12.1. The van der Waals surface area contributed by atoms with Gasteiger partial charge < -0.3 is 20.5 Å². The molecule has 0 amide bonds. The summed E-state index contributed by atoms with van der Waals surface area (Å²) in [6.45, 7) is -0.286. The van der Waals surface area contributed by atoms with E-state index in [9.17, 15) is 14.9 Å². The second-order valence-electron chi connectivity index (χ2n) is 5.67. The number of nitrogens with two attached hydrogens (primary N) is 1. The van der Waals surface area contributed by atoms with Gasteiger partial charge in [-0.1, -0.05) is 6.07 Å². The third-order valence-electron chi connectivity index (χ3n) is 3.67. The Kier molecular flexibility index (Phi) is 5.78. The first kappa shape index (κ1) is 19.5. The number of nitro groups is 1. The van der Waals surface area contributed by atoms with Gasteiger partial charge in [0.05, 0.1) is 17.6 Å². The molecule has 0 saturated heterocycles. The summed E-state index contributed by atoms with van der Waals surface area (Å²) in [5.74, 6) is 0.172. The number of hydrogen-bond donors (Lipinski definition) is 2. The largest absolute Gasteiger partial charge is 0.497 e. The van der Waals surface area contributed by atoms with Crippen molar-refractivity contribution >= 4 is 29.2 Å². The molecule has 2 aromatic carbocycles. The zero-order valence-corrected chi connectivity index (χ0v) is 15.2. The first-order valence-electron chi connectivity index (χ1n) is 8.27. The average Bonchev–Trinajstić information content (AvgIpc) is 2.72. The molecular weight excluding hydrogens is 380 g/mol. The number of carbonyl (C=O) groups excluding carboxylic acids is 1. The lowest BCUT2D eigenvalue weighted by Crippen LogP contribution is -2.11. The van der Waals surface area contributed by atoms with Crippen molar-refractivity contribution in [3.63, 3.8) is 0 Å². The maximum Gasteiger partial charge on any atom is 0.338 e. The lowest BCUT2D eigenvalue weighted by molar-refractivity contribution is -0.384. The van der Waals surface area contributed by atoms with Gasteiger partial charge in [-0.05, 0) is 30.3 Å². The third-order valence-corrected chi connectivity index (χ3v) is 3.67. The number of aromatic nitrogens is 3. The molecule has 11 nitrogen and oxygen atoms in total. The summed E-state index contributed by atoms with van der Waals surface area (Å²) in [6, 6.07) is 12.3. The second kappa shape index (κ2) is 8.61. The van der Waals surface area contributed by atoms with Crippen molar-refractivity contribution in [1.29, 1.82) is 0 Å². The molecule has 11 heteroatoms. The van der Waals surface area contributed by atoms with E-state index in [0.29, 0.717) is 11.4 Å². The van der Waals surface area contributed by atoms with Crippen molar-refractivity contribution in [1.82, 2.24) is 15.0 Å². The molecule has 3 N–H and O–H groups in total. The van der Waals surface area contributed by atoms with Crippen molar-refractivity contribution in [3.05, 3.63) is 70.0 Å². The number of rotatable bonds is 7.